The van der Waals surface area contributed by atoms with Crippen molar-refractivity contribution in [1.29, 1.82) is 0 Å². The summed E-state index contributed by atoms with van der Waals surface area (Å²) in [6.45, 7) is 6.13. The third-order valence-electron chi connectivity index (χ3n) is 3.34. The van der Waals surface area contributed by atoms with Gasteiger partial charge in [0.25, 0.3) is 0 Å². The summed E-state index contributed by atoms with van der Waals surface area (Å²) in [6, 6.07) is 0. The lowest BCUT2D eigenvalue weighted by atomic mass is 10.1. The Bertz CT molecular complexity index is 396. The molecule has 0 fully saturated rings. The maximum atomic E-state index is 5.45. The van der Waals surface area contributed by atoms with Gasteiger partial charge in [-0.05, 0) is 40.3 Å². The standard InChI is InChI=1S/C15H25BrN2O/c1-12-10-17-14(13(2)15(12)19-4)11-18(3)9-7-5-6-8-16/h10H,5-9,11H2,1-4H3. The summed E-state index contributed by atoms with van der Waals surface area (Å²) in [5.41, 5.74) is 3.38. The SMILES string of the molecule is COc1c(C)cnc(CN(C)CCCCCBr)c1C. The molecule has 0 saturated carbocycles. The fraction of sp³-hybridized carbons (Fsp3) is 0.667. The number of hydrogen-bond acceptors (Lipinski definition) is 3. The highest BCUT2D eigenvalue weighted by atomic mass is 79.9. The van der Waals surface area contributed by atoms with Crippen LogP contribution in [0.15, 0.2) is 6.20 Å². The van der Waals surface area contributed by atoms with E-state index >= 15 is 0 Å². The number of hydrogen-bond donors (Lipinski definition) is 0. The van der Waals surface area contributed by atoms with Crippen molar-refractivity contribution in [2.75, 3.05) is 26.0 Å². The van der Waals surface area contributed by atoms with Gasteiger partial charge in [0.2, 0.25) is 0 Å². The van der Waals surface area contributed by atoms with Gasteiger partial charge in [-0.3, -0.25) is 4.98 Å². The molecule has 0 amide bonds. The minimum Gasteiger partial charge on any atom is -0.496 e. The summed E-state index contributed by atoms with van der Waals surface area (Å²) in [4.78, 5) is 6.87. The van der Waals surface area contributed by atoms with Crippen LogP contribution in [0.4, 0.5) is 0 Å². The van der Waals surface area contributed by atoms with Crippen LogP contribution in [-0.2, 0) is 6.54 Å². The molecule has 1 heterocycles. The summed E-state index contributed by atoms with van der Waals surface area (Å²) < 4.78 is 5.45. The lowest BCUT2D eigenvalue weighted by Gasteiger charge is -2.19. The molecule has 0 spiro atoms. The fourth-order valence-corrected chi connectivity index (χ4v) is 2.61. The van der Waals surface area contributed by atoms with Gasteiger partial charge in [0.15, 0.2) is 0 Å². The van der Waals surface area contributed by atoms with Gasteiger partial charge in [0.05, 0.1) is 12.8 Å². The van der Waals surface area contributed by atoms with Crippen molar-refractivity contribution in [2.24, 2.45) is 0 Å². The molecule has 0 saturated heterocycles. The average molecular weight is 329 g/mol. The molecule has 0 aromatic carbocycles. The summed E-state index contributed by atoms with van der Waals surface area (Å²) in [7, 11) is 3.88. The first-order valence-corrected chi connectivity index (χ1v) is 7.95. The first-order chi connectivity index (χ1) is 9.10. The van der Waals surface area contributed by atoms with E-state index in [-0.39, 0.29) is 0 Å². The fourth-order valence-electron chi connectivity index (χ4n) is 2.22. The lowest BCUT2D eigenvalue weighted by molar-refractivity contribution is 0.312. The molecule has 19 heavy (non-hydrogen) atoms. The molecule has 0 aliphatic heterocycles. The maximum absolute atomic E-state index is 5.45. The minimum absolute atomic E-state index is 0.886. The van der Waals surface area contributed by atoms with Gasteiger partial charge in [-0.1, -0.05) is 22.4 Å². The van der Waals surface area contributed by atoms with Crippen LogP contribution in [0.5, 0.6) is 5.75 Å². The van der Waals surface area contributed by atoms with E-state index in [0.717, 1.165) is 41.0 Å². The Balaban J connectivity index is 2.57. The Morgan fingerprint density at radius 2 is 2.00 bits per heavy atom. The van der Waals surface area contributed by atoms with Crippen LogP contribution >= 0.6 is 15.9 Å². The highest BCUT2D eigenvalue weighted by Crippen LogP contribution is 2.24. The van der Waals surface area contributed by atoms with Crippen molar-refractivity contribution in [2.45, 2.75) is 39.7 Å². The predicted molar refractivity (Wildman–Crippen MR) is 84.2 cm³/mol. The maximum Gasteiger partial charge on any atom is 0.128 e. The van der Waals surface area contributed by atoms with Crippen LogP contribution in [-0.4, -0.2) is 35.9 Å². The van der Waals surface area contributed by atoms with Crippen molar-refractivity contribution < 1.29 is 4.74 Å². The topological polar surface area (TPSA) is 25.4 Å². The monoisotopic (exact) mass is 328 g/mol. The molecule has 108 valence electrons. The smallest absolute Gasteiger partial charge is 0.128 e. The molecule has 0 atom stereocenters. The van der Waals surface area contributed by atoms with Gasteiger partial charge in [-0.2, -0.15) is 0 Å². The second-order valence-corrected chi connectivity index (χ2v) is 5.83. The molecule has 0 radical (unpaired) electrons. The zero-order valence-corrected chi connectivity index (χ0v) is 14.1. The van der Waals surface area contributed by atoms with Crippen LogP contribution in [0.2, 0.25) is 0 Å². The van der Waals surface area contributed by atoms with Crippen LogP contribution in [0.25, 0.3) is 0 Å². The second kappa shape index (κ2) is 8.54. The molecule has 0 N–H and O–H groups in total. The quantitative estimate of drug-likeness (QED) is 0.537. The van der Waals surface area contributed by atoms with Gasteiger partial charge >= 0.3 is 0 Å². The summed E-state index contributed by atoms with van der Waals surface area (Å²) in [5, 5.41) is 1.10. The number of unbranched alkanes of at least 4 members (excludes halogenated alkanes) is 2. The molecule has 0 unspecified atom stereocenters. The van der Waals surface area contributed by atoms with E-state index < -0.39 is 0 Å². The molecule has 3 nitrogen and oxygen atoms in total. The first-order valence-electron chi connectivity index (χ1n) is 6.83. The van der Waals surface area contributed by atoms with Crippen LogP contribution in [0.3, 0.4) is 0 Å². The van der Waals surface area contributed by atoms with Gasteiger partial charge in [0, 0.05) is 29.2 Å². The Morgan fingerprint density at radius 3 is 2.63 bits per heavy atom. The summed E-state index contributed by atoms with van der Waals surface area (Å²) in [5.74, 6) is 0.970. The molecular formula is C15H25BrN2O. The zero-order chi connectivity index (χ0) is 14.3. The molecule has 0 aliphatic carbocycles. The molecule has 0 bridgehead atoms. The van der Waals surface area contributed by atoms with Crippen molar-refractivity contribution in [3.8, 4) is 5.75 Å². The van der Waals surface area contributed by atoms with Crippen LogP contribution < -0.4 is 4.74 Å². The predicted octanol–water partition coefficient (Wildman–Crippen LogP) is 3.70. The number of aryl methyl sites for hydroxylation is 1. The second-order valence-electron chi connectivity index (χ2n) is 5.03. The lowest BCUT2D eigenvalue weighted by Crippen LogP contribution is -2.20. The minimum atomic E-state index is 0.886. The molecule has 0 aliphatic rings. The van der Waals surface area contributed by atoms with Gasteiger partial charge in [0.1, 0.15) is 5.75 Å². The Morgan fingerprint density at radius 1 is 1.26 bits per heavy atom. The van der Waals surface area contributed by atoms with Crippen molar-refractivity contribution in [1.82, 2.24) is 9.88 Å². The molecule has 4 heteroatoms. The van der Waals surface area contributed by atoms with Gasteiger partial charge in [-0.25, -0.2) is 0 Å². The van der Waals surface area contributed by atoms with E-state index in [2.05, 4.69) is 39.8 Å². The summed E-state index contributed by atoms with van der Waals surface area (Å²) in [6.07, 6.45) is 5.67. The number of aromatic nitrogens is 1. The number of alkyl halides is 1. The number of pyridine rings is 1. The highest BCUT2D eigenvalue weighted by Gasteiger charge is 2.11. The van der Waals surface area contributed by atoms with Crippen molar-refractivity contribution >= 4 is 15.9 Å². The molecule has 1 aromatic heterocycles. The third-order valence-corrected chi connectivity index (χ3v) is 3.90. The third kappa shape index (κ3) is 5.11. The highest BCUT2D eigenvalue weighted by molar-refractivity contribution is 9.09. The number of ether oxygens (including phenoxy) is 1. The Labute approximate surface area is 125 Å². The number of rotatable bonds is 8. The zero-order valence-electron chi connectivity index (χ0n) is 12.5. The van der Waals surface area contributed by atoms with E-state index in [9.17, 15) is 0 Å². The van der Waals surface area contributed by atoms with Crippen molar-refractivity contribution in [3.63, 3.8) is 0 Å². The Kier molecular flexibility index (Phi) is 7.39. The van der Waals surface area contributed by atoms with Gasteiger partial charge in [-0.15, -0.1) is 0 Å². The van der Waals surface area contributed by atoms with E-state index in [0.29, 0.717) is 0 Å². The van der Waals surface area contributed by atoms with E-state index in [1.807, 2.05) is 13.1 Å². The average Bonchev–Trinajstić information content (AvgIpc) is 2.39. The largest absolute Gasteiger partial charge is 0.496 e. The first kappa shape index (κ1) is 16.4. The van der Waals surface area contributed by atoms with E-state index in [1.54, 1.807) is 7.11 Å². The van der Waals surface area contributed by atoms with Crippen molar-refractivity contribution in [3.05, 3.63) is 23.0 Å². The summed E-state index contributed by atoms with van der Waals surface area (Å²) >= 11 is 3.47. The van der Waals surface area contributed by atoms with E-state index in [1.165, 1.54) is 19.3 Å². The molecule has 1 aromatic rings. The number of halogens is 1. The Hall–Kier alpha value is -0.610. The number of methoxy groups -OCH3 is 1. The number of nitrogens with zero attached hydrogens (tertiary/aromatic N) is 2. The van der Waals surface area contributed by atoms with E-state index in [4.69, 9.17) is 4.74 Å². The molecular weight excluding hydrogens is 304 g/mol. The normalized spacial score (nSPS) is 11.1. The van der Waals surface area contributed by atoms with Crippen LogP contribution in [0, 0.1) is 13.8 Å². The van der Waals surface area contributed by atoms with Gasteiger partial charge < -0.3 is 9.64 Å². The van der Waals surface area contributed by atoms with Crippen LogP contribution in [0.1, 0.15) is 36.1 Å². The molecule has 1 rings (SSSR count).